The van der Waals surface area contributed by atoms with E-state index in [1.165, 1.54) is 31.2 Å². The molecule has 0 radical (unpaired) electrons. The Kier molecular flexibility index (Phi) is 2.31. The second-order valence-corrected chi connectivity index (χ2v) is 6.16. The van der Waals surface area contributed by atoms with E-state index < -0.39 is 0 Å². The van der Waals surface area contributed by atoms with Gasteiger partial charge in [0.2, 0.25) is 0 Å². The van der Waals surface area contributed by atoms with E-state index in [-0.39, 0.29) is 5.54 Å². The minimum Gasteiger partial charge on any atom is -0.321 e. The Labute approximate surface area is 102 Å². The fourth-order valence-corrected chi connectivity index (χ4v) is 3.96. The molecule has 2 N–H and O–H groups in total. The van der Waals surface area contributed by atoms with Gasteiger partial charge in [0.1, 0.15) is 0 Å². The third-order valence-corrected chi connectivity index (χ3v) is 4.68. The number of hydrogen-bond acceptors (Lipinski definition) is 1. The monoisotopic (exact) mass is 235 g/mol. The van der Waals surface area contributed by atoms with E-state index in [9.17, 15) is 0 Å². The molecule has 1 spiro atoms. The lowest BCUT2D eigenvalue weighted by Crippen LogP contribution is -2.54. The van der Waals surface area contributed by atoms with Crippen LogP contribution < -0.4 is 5.73 Å². The maximum atomic E-state index is 6.49. The summed E-state index contributed by atoms with van der Waals surface area (Å²) in [5.41, 5.74) is 8.19. The number of hydrogen-bond donors (Lipinski definition) is 1. The van der Waals surface area contributed by atoms with Crippen LogP contribution in [0.3, 0.4) is 0 Å². The predicted octanol–water partition coefficient (Wildman–Crippen LogP) is 3.85. The molecule has 0 heterocycles. The molecule has 1 nitrogen and oxygen atoms in total. The van der Waals surface area contributed by atoms with Crippen molar-refractivity contribution in [1.82, 2.24) is 0 Å². The Balaban J connectivity index is 1.81. The van der Waals surface area contributed by atoms with E-state index in [1.54, 1.807) is 0 Å². The SMILES string of the molecule is NC1(c2cccc(Cl)c2)CC2(CCCC2)C1. The van der Waals surface area contributed by atoms with Gasteiger partial charge in [-0.25, -0.2) is 0 Å². The highest BCUT2D eigenvalue weighted by molar-refractivity contribution is 6.30. The van der Waals surface area contributed by atoms with Gasteiger partial charge in [0, 0.05) is 10.6 Å². The normalized spacial score (nSPS) is 25.6. The molecule has 3 rings (SSSR count). The van der Waals surface area contributed by atoms with Crippen LogP contribution >= 0.6 is 11.6 Å². The summed E-state index contributed by atoms with van der Waals surface area (Å²) in [5, 5.41) is 0.801. The van der Waals surface area contributed by atoms with Gasteiger partial charge in [-0.1, -0.05) is 36.6 Å². The molecule has 86 valence electrons. The first-order valence-electron chi connectivity index (χ1n) is 6.17. The average molecular weight is 236 g/mol. The van der Waals surface area contributed by atoms with Crippen molar-refractivity contribution in [3.63, 3.8) is 0 Å². The zero-order valence-corrected chi connectivity index (χ0v) is 10.3. The summed E-state index contributed by atoms with van der Waals surface area (Å²) >= 11 is 6.03. The van der Waals surface area contributed by atoms with Crippen molar-refractivity contribution >= 4 is 11.6 Å². The van der Waals surface area contributed by atoms with Crippen molar-refractivity contribution in [2.75, 3.05) is 0 Å². The van der Waals surface area contributed by atoms with Gasteiger partial charge in [-0.3, -0.25) is 0 Å². The highest BCUT2D eigenvalue weighted by Gasteiger charge is 2.53. The van der Waals surface area contributed by atoms with Gasteiger partial charge >= 0.3 is 0 Å². The molecule has 0 unspecified atom stereocenters. The molecule has 0 saturated heterocycles. The Morgan fingerprint density at radius 1 is 1.12 bits per heavy atom. The summed E-state index contributed by atoms with van der Waals surface area (Å²) in [6, 6.07) is 8.07. The van der Waals surface area contributed by atoms with Gasteiger partial charge < -0.3 is 5.73 Å². The van der Waals surface area contributed by atoms with Crippen molar-refractivity contribution in [3.8, 4) is 0 Å². The fourth-order valence-electron chi connectivity index (χ4n) is 3.77. The van der Waals surface area contributed by atoms with Gasteiger partial charge in [-0.05, 0) is 48.8 Å². The van der Waals surface area contributed by atoms with E-state index in [0.717, 1.165) is 17.9 Å². The molecular formula is C14H18ClN. The Morgan fingerprint density at radius 2 is 1.81 bits per heavy atom. The van der Waals surface area contributed by atoms with E-state index in [2.05, 4.69) is 6.07 Å². The van der Waals surface area contributed by atoms with Crippen LogP contribution in [0.4, 0.5) is 0 Å². The highest BCUT2D eigenvalue weighted by Crippen LogP contribution is 2.60. The lowest BCUT2D eigenvalue weighted by Gasteiger charge is -2.53. The van der Waals surface area contributed by atoms with E-state index in [4.69, 9.17) is 17.3 Å². The summed E-state index contributed by atoms with van der Waals surface area (Å²) in [5.74, 6) is 0. The number of halogens is 1. The second-order valence-electron chi connectivity index (χ2n) is 5.73. The molecule has 16 heavy (non-hydrogen) atoms. The maximum absolute atomic E-state index is 6.49. The van der Waals surface area contributed by atoms with Crippen molar-refractivity contribution < 1.29 is 0 Å². The van der Waals surface area contributed by atoms with E-state index in [0.29, 0.717) is 5.41 Å². The topological polar surface area (TPSA) is 26.0 Å². The van der Waals surface area contributed by atoms with Crippen LogP contribution in [0, 0.1) is 5.41 Å². The van der Waals surface area contributed by atoms with Crippen LogP contribution in [0.15, 0.2) is 24.3 Å². The summed E-state index contributed by atoms with van der Waals surface area (Å²) in [6.45, 7) is 0. The zero-order valence-electron chi connectivity index (χ0n) is 9.51. The van der Waals surface area contributed by atoms with E-state index >= 15 is 0 Å². The molecule has 0 aromatic heterocycles. The lowest BCUT2D eigenvalue weighted by molar-refractivity contribution is 0.0312. The van der Waals surface area contributed by atoms with Crippen LogP contribution in [0.2, 0.25) is 5.02 Å². The Hall–Kier alpha value is -0.530. The molecule has 2 aliphatic carbocycles. The molecule has 2 heteroatoms. The second kappa shape index (κ2) is 3.48. The first kappa shape index (κ1) is 10.6. The fraction of sp³-hybridized carbons (Fsp3) is 0.571. The van der Waals surface area contributed by atoms with Gasteiger partial charge in [0.05, 0.1) is 0 Å². The van der Waals surface area contributed by atoms with Crippen LogP contribution in [0.25, 0.3) is 0 Å². The molecule has 0 atom stereocenters. The van der Waals surface area contributed by atoms with Gasteiger partial charge in [0.15, 0.2) is 0 Å². The molecule has 0 bridgehead atoms. The third-order valence-electron chi connectivity index (χ3n) is 4.44. The number of nitrogens with two attached hydrogens (primary N) is 1. The number of rotatable bonds is 1. The molecule has 2 aliphatic rings. The first-order chi connectivity index (χ1) is 7.62. The average Bonchev–Trinajstić information content (AvgIpc) is 2.66. The summed E-state index contributed by atoms with van der Waals surface area (Å²) in [6.07, 6.45) is 7.86. The van der Waals surface area contributed by atoms with Crippen LogP contribution in [-0.2, 0) is 5.54 Å². The quantitative estimate of drug-likeness (QED) is 0.786. The summed E-state index contributed by atoms with van der Waals surface area (Å²) in [7, 11) is 0. The maximum Gasteiger partial charge on any atom is 0.0420 e. The Morgan fingerprint density at radius 3 is 2.44 bits per heavy atom. The van der Waals surface area contributed by atoms with Crippen molar-refractivity contribution in [3.05, 3.63) is 34.9 Å². The number of benzene rings is 1. The third kappa shape index (κ3) is 1.57. The van der Waals surface area contributed by atoms with Gasteiger partial charge in [-0.2, -0.15) is 0 Å². The van der Waals surface area contributed by atoms with Crippen molar-refractivity contribution in [2.45, 2.75) is 44.1 Å². The largest absolute Gasteiger partial charge is 0.321 e. The minimum atomic E-state index is -0.102. The molecule has 2 saturated carbocycles. The van der Waals surface area contributed by atoms with Crippen molar-refractivity contribution in [1.29, 1.82) is 0 Å². The van der Waals surface area contributed by atoms with Gasteiger partial charge in [0.25, 0.3) is 0 Å². The Bertz CT molecular complexity index is 399. The summed E-state index contributed by atoms with van der Waals surface area (Å²) < 4.78 is 0. The summed E-state index contributed by atoms with van der Waals surface area (Å²) in [4.78, 5) is 0. The van der Waals surface area contributed by atoms with Crippen molar-refractivity contribution in [2.24, 2.45) is 11.1 Å². The van der Waals surface area contributed by atoms with Crippen LogP contribution in [0.1, 0.15) is 44.1 Å². The predicted molar refractivity (Wildman–Crippen MR) is 67.5 cm³/mol. The minimum absolute atomic E-state index is 0.102. The lowest BCUT2D eigenvalue weighted by atomic mass is 9.55. The first-order valence-corrected chi connectivity index (χ1v) is 6.55. The molecular weight excluding hydrogens is 218 g/mol. The molecule has 0 aliphatic heterocycles. The molecule has 2 fully saturated rings. The zero-order chi connectivity index (χ0) is 11.2. The molecule has 0 amide bonds. The van der Waals surface area contributed by atoms with E-state index in [1.807, 2.05) is 18.2 Å². The molecule has 1 aromatic carbocycles. The molecule has 1 aromatic rings. The van der Waals surface area contributed by atoms with Gasteiger partial charge in [-0.15, -0.1) is 0 Å². The smallest absolute Gasteiger partial charge is 0.0420 e. The standard InChI is InChI=1S/C14H18ClN/c15-12-5-3-4-11(8-12)14(16)9-13(10-14)6-1-2-7-13/h3-5,8H,1-2,6-7,9-10,16H2. The van der Waals surface area contributed by atoms with Crippen LogP contribution in [-0.4, -0.2) is 0 Å². The highest BCUT2D eigenvalue weighted by atomic mass is 35.5. The van der Waals surface area contributed by atoms with Crippen LogP contribution in [0.5, 0.6) is 0 Å².